The molecule has 1 aromatic heterocycles. The van der Waals surface area contributed by atoms with Gasteiger partial charge in [0.25, 0.3) is 11.8 Å². The molecule has 7 nitrogen and oxygen atoms in total. The Kier molecular flexibility index (Phi) is 6.70. The smallest absolute Gasteiger partial charge is 0.272 e. The van der Waals surface area contributed by atoms with Gasteiger partial charge >= 0.3 is 0 Å². The molecule has 1 aliphatic carbocycles. The van der Waals surface area contributed by atoms with Crippen LogP contribution in [0.25, 0.3) is 0 Å². The molecule has 5 rings (SSSR count). The minimum absolute atomic E-state index is 0.0133. The van der Waals surface area contributed by atoms with Gasteiger partial charge in [-0.1, -0.05) is 37.5 Å². The number of nitrogens with zero attached hydrogens (tertiary/aromatic N) is 1. The number of ether oxygens (including phenoxy) is 2. The van der Waals surface area contributed by atoms with Crippen LogP contribution in [0.5, 0.6) is 11.5 Å². The molecule has 0 bridgehead atoms. The molecule has 35 heavy (non-hydrogen) atoms. The van der Waals surface area contributed by atoms with Gasteiger partial charge in [0.1, 0.15) is 18.2 Å². The first kappa shape index (κ1) is 23.0. The minimum Gasteiger partial charge on any atom is -0.485 e. The SMILES string of the molecule is O=C(NC1CCCCC1)[C@@H](c1ccco1)N(C(=O)[C@@H]1COc2ccccc2O1)c1cccc(F)c1. The number of nitrogens with one attached hydrogen (secondary N) is 1. The zero-order valence-electron chi connectivity index (χ0n) is 19.2. The molecule has 2 amide bonds. The highest BCUT2D eigenvalue weighted by atomic mass is 19.1. The van der Waals surface area contributed by atoms with Crippen LogP contribution in [0, 0.1) is 5.82 Å². The van der Waals surface area contributed by atoms with Crippen molar-refractivity contribution in [2.75, 3.05) is 11.5 Å². The van der Waals surface area contributed by atoms with Crippen molar-refractivity contribution in [2.45, 2.75) is 50.3 Å². The normalized spacial score (nSPS) is 18.5. The number of furan rings is 1. The predicted molar refractivity (Wildman–Crippen MR) is 127 cm³/mol. The lowest BCUT2D eigenvalue weighted by Gasteiger charge is -2.35. The van der Waals surface area contributed by atoms with Gasteiger partial charge in [-0.05, 0) is 55.3 Å². The van der Waals surface area contributed by atoms with Crippen molar-refractivity contribution in [3.63, 3.8) is 0 Å². The summed E-state index contributed by atoms with van der Waals surface area (Å²) in [6.45, 7) is -0.0449. The molecule has 2 heterocycles. The second kappa shape index (κ2) is 10.2. The summed E-state index contributed by atoms with van der Waals surface area (Å²) in [5.74, 6) is -0.221. The maximum absolute atomic E-state index is 14.3. The van der Waals surface area contributed by atoms with Gasteiger partial charge in [0, 0.05) is 11.7 Å². The van der Waals surface area contributed by atoms with Crippen LogP contribution in [0.1, 0.15) is 43.9 Å². The fourth-order valence-electron chi connectivity index (χ4n) is 4.67. The van der Waals surface area contributed by atoms with E-state index in [2.05, 4.69) is 5.32 Å². The number of benzene rings is 2. The molecule has 8 heteroatoms. The molecule has 1 fully saturated rings. The number of carbonyl (C=O) groups is 2. The third-order valence-electron chi connectivity index (χ3n) is 6.38. The molecular formula is C27H27FN2O5. The number of hydrogen-bond donors (Lipinski definition) is 1. The number of anilines is 1. The third-order valence-corrected chi connectivity index (χ3v) is 6.38. The highest BCUT2D eigenvalue weighted by Crippen LogP contribution is 2.35. The topological polar surface area (TPSA) is 81.0 Å². The van der Waals surface area contributed by atoms with Gasteiger partial charge in [0.05, 0.1) is 6.26 Å². The van der Waals surface area contributed by atoms with Crippen LogP contribution in [-0.2, 0) is 9.59 Å². The molecule has 1 aliphatic heterocycles. The van der Waals surface area contributed by atoms with Crippen molar-refractivity contribution in [2.24, 2.45) is 0 Å². The zero-order valence-corrected chi connectivity index (χ0v) is 19.2. The Balaban J connectivity index is 1.51. The number of amides is 2. The summed E-state index contributed by atoms with van der Waals surface area (Å²) in [5.41, 5.74) is 0.220. The second-order valence-electron chi connectivity index (χ2n) is 8.81. The van der Waals surface area contributed by atoms with E-state index in [1.807, 2.05) is 6.07 Å². The van der Waals surface area contributed by atoms with Gasteiger partial charge in [-0.3, -0.25) is 14.5 Å². The van der Waals surface area contributed by atoms with E-state index in [0.717, 1.165) is 32.1 Å². The predicted octanol–water partition coefficient (Wildman–Crippen LogP) is 4.78. The summed E-state index contributed by atoms with van der Waals surface area (Å²) >= 11 is 0. The molecule has 0 spiro atoms. The first-order valence-electron chi connectivity index (χ1n) is 11.9. The van der Waals surface area contributed by atoms with Gasteiger partial charge in [0.15, 0.2) is 17.5 Å². The van der Waals surface area contributed by atoms with E-state index >= 15 is 0 Å². The number of fused-ring (bicyclic) bond motifs is 1. The van der Waals surface area contributed by atoms with Crippen molar-refractivity contribution in [3.8, 4) is 11.5 Å². The van der Waals surface area contributed by atoms with Gasteiger partial charge in [0.2, 0.25) is 6.10 Å². The highest BCUT2D eigenvalue weighted by Gasteiger charge is 2.41. The summed E-state index contributed by atoms with van der Waals surface area (Å²) in [6, 6.07) is 14.8. The van der Waals surface area contributed by atoms with E-state index < -0.39 is 23.9 Å². The van der Waals surface area contributed by atoms with Crippen LogP contribution < -0.4 is 19.7 Å². The monoisotopic (exact) mass is 478 g/mol. The average molecular weight is 479 g/mol. The molecule has 0 saturated heterocycles. The Morgan fingerprint density at radius 1 is 0.971 bits per heavy atom. The molecular weight excluding hydrogens is 451 g/mol. The lowest BCUT2D eigenvalue weighted by Crippen LogP contribution is -2.52. The van der Waals surface area contributed by atoms with Gasteiger partial charge in [-0.15, -0.1) is 0 Å². The average Bonchev–Trinajstić information content (AvgIpc) is 3.41. The molecule has 2 aliphatic rings. The number of para-hydroxylation sites is 2. The van der Waals surface area contributed by atoms with Crippen LogP contribution in [-0.4, -0.2) is 30.6 Å². The van der Waals surface area contributed by atoms with Crippen LogP contribution >= 0.6 is 0 Å². The van der Waals surface area contributed by atoms with E-state index in [1.165, 1.54) is 29.4 Å². The Morgan fingerprint density at radius 2 is 1.77 bits per heavy atom. The highest BCUT2D eigenvalue weighted by molar-refractivity contribution is 6.03. The van der Waals surface area contributed by atoms with Crippen LogP contribution in [0.3, 0.4) is 0 Å². The summed E-state index contributed by atoms with van der Waals surface area (Å²) < 4.78 is 31.6. The van der Waals surface area contributed by atoms with E-state index in [1.54, 1.807) is 36.4 Å². The van der Waals surface area contributed by atoms with Gasteiger partial charge < -0.3 is 19.2 Å². The van der Waals surface area contributed by atoms with Crippen LogP contribution in [0.4, 0.5) is 10.1 Å². The Hall–Kier alpha value is -3.81. The van der Waals surface area contributed by atoms with E-state index in [4.69, 9.17) is 13.9 Å². The molecule has 1 saturated carbocycles. The van der Waals surface area contributed by atoms with E-state index in [-0.39, 0.29) is 30.0 Å². The molecule has 2 atom stereocenters. The maximum atomic E-state index is 14.3. The van der Waals surface area contributed by atoms with E-state index in [9.17, 15) is 14.0 Å². The van der Waals surface area contributed by atoms with Crippen molar-refractivity contribution in [1.29, 1.82) is 0 Å². The summed E-state index contributed by atoms with van der Waals surface area (Å²) in [6.07, 6.45) is 5.38. The lowest BCUT2D eigenvalue weighted by molar-refractivity contribution is -0.132. The van der Waals surface area contributed by atoms with Gasteiger partial charge in [-0.25, -0.2) is 4.39 Å². The molecule has 0 unspecified atom stereocenters. The zero-order chi connectivity index (χ0) is 24.2. The fraction of sp³-hybridized carbons (Fsp3) is 0.333. The molecule has 182 valence electrons. The summed E-state index contributed by atoms with van der Waals surface area (Å²) in [5, 5.41) is 3.09. The Bertz CT molecular complexity index is 1180. The van der Waals surface area contributed by atoms with Crippen molar-refractivity contribution in [3.05, 3.63) is 78.5 Å². The van der Waals surface area contributed by atoms with Gasteiger partial charge in [-0.2, -0.15) is 0 Å². The first-order valence-corrected chi connectivity index (χ1v) is 11.9. The third kappa shape index (κ3) is 5.01. The number of rotatable bonds is 6. The van der Waals surface area contributed by atoms with Crippen LogP contribution in [0.2, 0.25) is 0 Å². The Labute approximate surface area is 202 Å². The molecule has 2 aromatic carbocycles. The standard InChI is InChI=1S/C27H27FN2O5/c28-18-8-6-11-20(16-18)30(27(32)24-17-34-21-12-4-5-13-22(21)35-24)25(23-14-7-15-33-23)26(31)29-19-9-2-1-3-10-19/h4-8,11-16,19,24-25H,1-3,9-10,17H2,(H,29,31)/t24-,25+/m0/s1. The minimum atomic E-state index is -1.15. The van der Waals surface area contributed by atoms with Crippen molar-refractivity contribution < 1.29 is 27.9 Å². The summed E-state index contributed by atoms with van der Waals surface area (Å²) in [4.78, 5) is 28.8. The number of hydrogen-bond acceptors (Lipinski definition) is 5. The largest absolute Gasteiger partial charge is 0.485 e. The second-order valence-corrected chi connectivity index (χ2v) is 8.81. The van der Waals surface area contributed by atoms with Crippen LogP contribution in [0.15, 0.2) is 71.3 Å². The first-order chi connectivity index (χ1) is 17.1. The maximum Gasteiger partial charge on any atom is 0.272 e. The summed E-state index contributed by atoms with van der Waals surface area (Å²) in [7, 11) is 0. The number of halogens is 1. The fourth-order valence-corrected chi connectivity index (χ4v) is 4.67. The molecule has 3 aromatic rings. The molecule has 1 N–H and O–H groups in total. The molecule has 0 radical (unpaired) electrons. The van der Waals surface area contributed by atoms with Crippen molar-refractivity contribution in [1.82, 2.24) is 5.32 Å². The Morgan fingerprint density at radius 3 is 2.51 bits per heavy atom. The quantitative estimate of drug-likeness (QED) is 0.551. The lowest BCUT2D eigenvalue weighted by atomic mass is 9.95. The van der Waals surface area contributed by atoms with Crippen molar-refractivity contribution >= 4 is 17.5 Å². The van der Waals surface area contributed by atoms with E-state index in [0.29, 0.717) is 11.5 Å². The number of carbonyl (C=O) groups excluding carboxylic acids is 2.